The lowest BCUT2D eigenvalue weighted by Crippen LogP contribution is -2.53. The van der Waals surface area contributed by atoms with E-state index in [1.807, 2.05) is 4.90 Å². The average molecular weight is 416 g/mol. The molecule has 3 fully saturated rings. The van der Waals surface area contributed by atoms with E-state index >= 15 is 0 Å². The third-order valence-corrected chi connectivity index (χ3v) is 6.91. The molecule has 2 aliphatic carbocycles. The monoisotopic (exact) mass is 415 g/mol. The van der Waals surface area contributed by atoms with Crippen molar-refractivity contribution in [3.05, 3.63) is 29.0 Å². The second kappa shape index (κ2) is 8.54. The minimum Gasteiger partial charge on any atom is -0.367 e. The highest BCUT2D eigenvalue weighted by atomic mass is 35.5. The molecule has 0 spiro atoms. The molecule has 2 atom stereocenters. The number of piperazine rings is 1. The zero-order valence-electron chi connectivity index (χ0n) is 15.4. The predicted octanol–water partition coefficient (Wildman–Crippen LogP) is 3.70. The molecule has 2 unspecified atom stereocenters. The normalized spacial score (nSPS) is 30.6. The summed E-state index contributed by atoms with van der Waals surface area (Å²) < 4.78 is 13.2. The number of fused-ring (bicyclic) bond motifs is 2. The first-order valence-electron chi connectivity index (χ1n) is 9.77. The van der Waals surface area contributed by atoms with E-state index in [1.165, 1.54) is 31.4 Å². The molecule has 2 N–H and O–H groups in total. The van der Waals surface area contributed by atoms with Crippen LogP contribution >= 0.6 is 24.0 Å². The van der Waals surface area contributed by atoms with E-state index < -0.39 is 0 Å². The number of halogens is 3. The number of hydrogen-bond acceptors (Lipinski definition) is 3. The summed E-state index contributed by atoms with van der Waals surface area (Å²) in [5, 5.41) is 0.430. The Morgan fingerprint density at radius 2 is 1.74 bits per heavy atom. The second-order valence-electron chi connectivity index (χ2n) is 8.10. The average Bonchev–Trinajstić information content (AvgIpc) is 2.61. The van der Waals surface area contributed by atoms with Gasteiger partial charge in [-0.05, 0) is 55.7 Å². The fraction of sp³-hybridized carbons (Fsp3) is 0.650. The quantitative estimate of drug-likeness (QED) is 0.800. The van der Waals surface area contributed by atoms with Gasteiger partial charge < -0.3 is 15.5 Å². The topological polar surface area (TPSA) is 49.6 Å². The lowest BCUT2D eigenvalue weighted by molar-refractivity contribution is -0.138. The molecule has 0 aromatic heterocycles. The molecule has 150 valence electrons. The largest absolute Gasteiger partial charge is 0.367 e. The van der Waals surface area contributed by atoms with Crippen LogP contribution in [0.15, 0.2) is 18.2 Å². The molecule has 1 aromatic carbocycles. The van der Waals surface area contributed by atoms with Gasteiger partial charge in [-0.25, -0.2) is 4.39 Å². The maximum absolute atomic E-state index is 13.2. The Hall–Kier alpha value is -1.04. The number of nitrogens with two attached hydrogens (primary N) is 1. The van der Waals surface area contributed by atoms with Crippen molar-refractivity contribution in [2.45, 2.75) is 38.1 Å². The van der Waals surface area contributed by atoms with E-state index in [0.717, 1.165) is 31.6 Å². The first kappa shape index (κ1) is 20.7. The Morgan fingerprint density at radius 1 is 1.11 bits per heavy atom. The van der Waals surface area contributed by atoms with Crippen LogP contribution in [0.3, 0.4) is 0 Å². The predicted molar refractivity (Wildman–Crippen MR) is 109 cm³/mol. The number of hydrogen-bond donors (Lipinski definition) is 1. The molecule has 3 aliphatic rings. The van der Waals surface area contributed by atoms with E-state index in [1.54, 1.807) is 6.07 Å². The van der Waals surface area contributed by atoms with Crippen LogP contribution < -0.4 is 10.6 Å². The van der Waals surface area contributed by atoms with E-state index in [4.69, 9.17) is 17.3 Å². The molecule has 1 heterocycles. The standard InChI is InChI=1S/C20H27ClFN3O.ClH/c21-17-12-16(22)4-5-18(17)24-6-8-25(9-7-24)20(26)15-10-13-2-1-3-14(11-15)19(13)23;/h4-5,12-15,19H,1-3,6-11,23H2;1H. The van der Waals surface area contributed by atoms with Crippen molar-refractivity contribution in [3.8, 4) is 0 Å². The molecular formula is C20H28Cl2FN3O. The highest BCUT2D eigenvalue weighted by Gasteiger charge is 2.41. The van der Waals surface area contributed by atoms with Gasteiger partial charge in [-0.1, -0.05) is 18.0 Å². The molecule has 27 heavy (non-hydrogen) atoms. The molecule has 4 rings (SSSR count). The number of anilines is 1. The highest BCUT2D eigenvalue weighted by molar-refractivity contribution is 6.33. The van der Waals surface area contributed by atoms with Gasteiger partial charge in [0.2, 0.25) is 5.91 Å². The number of carbonyl (C=O) groups excluding carboxylic acids is 1. The van der Waals surface area contributed by atoms with Crippen molar-refractivity contribution >= 4 is 35.6 Å². The van der Waals surface area contributed by atoms with Crippen LogP contribution in [0.4, 0.5) is 10.1 Å². The van der Waals surface area contributed by atoms with Gasteiger partial charge in [-0.15, -0.1) is 12.4 Å². The lowest BCUT2D eigenvalue weighted by Gasteiger charge is -2.45. The van der Waals surface area contributed by atoms with Crippen molar-refractivity contribution in [2.24, 2.45) is 23.5 Å². The Bertz CT molecular complexity index is 667. The number of benzene rings is 1. The molecule has 2 bridgehead atoms. The second-order valence-corrected chi connectivity index (χ2v) is 8.51. The molecule has 1 saturated heterocycles. The fourth-order valence-electron chi connectivity index (χ4n) is 5.15. The van der Waals surface area contributed by atoms with Gasteiger partial charge in [0, 0.05) is 38.1 Å². The third-order valence-electron chi connectivity index (χ3n) is 6.60. The molecule has 4 nitrogen and oxygen atoms in total. The van der Waals surface area contributed by atoms with Gasteiger partial charge in [0.1, 0.15) is 5.82 Å². The molecule has 1 aromatic rings. The summed E-state index contributed by atoms with van der Waals surface area (Å²) in [6, 6.07) is 4.80. The fourth-order valence-corrected chi connectivity index (χ4v) is 5.44. The molecule has 1 aliphatic heterocycles. The van der Waals surface area contributed by atoms with Crippen molar-refractivity contribution in [3.63, 3.8) is 0 Å². The van der Waals surface area contributed by atoms with Gasteiger partial charge in [-0.2, -0.15) is 0 Å². The summed E-state index contributed by atoms with van der Waals surface area (Å²) in [6.45, 7) is 2.86. The first-order chi connectivity index (χ1) is 12.5. The summed E-state index contributed by atoms with van der Waals surface area (Å²) in [4.78, 5) is 17.2. The SMILES string of the molecule is Cl.NC1C2CCCC1CC(C(=O)N1CCN(c3ccc(F)cc3Cl)CC1)C2. The summed E-state index contributed by atoms with van der Waals surface area (Å²) in [5.41, 5.74) is 7.21. The molecule has 0 radical (unpaired) electrons. The van der Waals surface area contributed by atoms with Crippen LogP contribution in [0, 0.1) is 23.6 Å². The van der Waals surface area contributed by atoms with E-state index in [2.05, 4.69) is 4.90 Å². The minimum absolute atomic E-state index is 0. The number of amides is 1. The number of rotatable bonds is 2. The van der Waals surface area contributed by atoms with Crippen LogP contribution in [0.5, 0.6) is 0 Å². The van der Waals surface area contributed by atoms with Crippen LogP contribution in [-0.4, -0.2) is 43.0 Å². The van der Waals surface area contributed by atoms with Crippen LogP contribution in [0.25, 0.3) is 0 Å². The van der Waals surface area contributed by atoms with Crippen molar-refractivity contribution in [2.75, 3.05) is 31.1 Å². The summed E-state index contributed by atoms with van der Waals surface area (Å²) >= 11 is 6.18. The van der Waals surface area contributed by atoms with Gasteiger partial charge in [0.05, 0.1) is 10.7 Å². The van der Waals surface area contributed by atoms with E-state index in [-0.39, 0.29) is 24.1 Å². The van der Waals surface area contributed by atoms with Gasteiger partial charge in [-0.3, -0.25) is 4.79 Å². The van der Waals surface area contributed by atoms with Crippen molar-refractivity contribution in [1.82, 2.24) is 4.90 Å². The Morgan fingerprint density at radius 3 is 2.33 bits per heavy atom. The van der Waals surface area contributed by atoms with Gasteiger partial charge in [0.15, 0.2) is 0 Å². The Balaban J connectivity index is 0.00000210. The number of carbonyl (C=O) groups is 1. The zero-order chi connectivity index (χ0) is 18.3. The van der Waals surface area contributed by atoms with Gasteiger partial charge >= 0.3 is 0 Å². The van der Waals surface area contributed by atoms with Crippen LogP contribution in [0.1, 0.15) is 32.1 Å². The Kier molecular flexibility index (Phi) is 6.54. The minimum atomic E-state index is -0.325. The maximum Gasteiger partial charge on any atom is 0.225 e. The third kappa shape index (κ3) is 4.20. The molecule has 1 amide bonds. The lowest BCUT2D eigenvalue weighted by atomic mass is 9.65. The van der Waals surface area contributed by atoms with E-state index in [9.17, 15) is 9.18 Å². The van der Waals surface area contributed by atoms with E-state index in [0.29, 0.717) is 41.9 Å². The summed E-state index contributed by atoms with van der Waals surface area (Å²) in [5.74, 6) is 1.17. The molecule has 2 saturated carbocycles. The van der Waals surface area contributed by atoms with Crippen molar-refractivity contribution < 1.29 is 9.18 Å². The van der Waals surface area contributed by atoms with Crippen LogP contribution in [-0.2, 0) is 4.79 Å². The van der Waals surface area contributed by atoms with Crippen LogP contribution in [0.2, 0.25) is 5.02 Å². The highest BCUT2D eigenvalue weighted by Crippen LogP contribution is 2.42. The Labute approximate surface area is 171 Å². The maximum atomic E-state index is 13.2. The first-order valence-corrected chi connectivity index (χ1v) is 10.1. The number of nitrogens with zero attached hydrogens (tertiary/aromatic N) is 2. The van der Waals surface area contributed by atoms with Gasteiger partial charge in [0.25, 0.3) is 0 Å². The summed E-state index contributed by atoms with van der Waals surface area (Å²) in [7, 11) is 0. The summed E-state index contributed by atoms with van der Waals surface area (Å²) in [6.07, 6.45) is 5.54. The smallest absolute Gasteiger partial charge is 0.225 e. The molecule has 7 heteroatoms. The zero-order valence-corrected chi connectivity index (χ0v) is 17.0. The van der Waals surface area contributed by atoms with Crippen molar-refractivity contribution in [1.29, 1.82) is 0 Å². The molecular weight excluding hydrogens is 388 g/mol.